The zero-order chi connectivity index (χ0) is 12.8. The zero-order valence-corrected chi connectivity index (χ0v) is 12.2. The maximum absolute atomic E-state index is 9.57. The van der Waals surface area contributed by atoms with Crippen molar-refractivity contribution in [3.63, 3.8) is 0 Å². The molecule has 0 fully saturated rings. The molecule has 4 heteroatoms. The maximum Gasteiger partial charge on any atom is 0.0772 e. The van der Waals surface area contributed by atoms with Crippen molar-refractivity contribution in [2.24, 2.45) is 0 Å². The van der Waals surface area contributed by atoms with Crippen molar-refractivity contribution in [2.45, 2.75) is 20.0 Å². The Morgan fingerprint density at radius 2 is 2.18 bits per heavy atom. The van der Waals surface area contributed by atoms with Crippen LogP contribution in [-0.2, 0) is 4.74 Å². The third-order valence-electron chi connectivity index (χ3n) is 2.75. The van der Waals surface area contributed by atoms with Crippen LogP contribution in [0.1, 0.15) is 25.5 Å². The van der Waals surface area contributed by atoms with Crippen molar-refractivity contribution in [1.82, 2.24) is 0 Å². The molecule has 0 spiro atoms. The summed E-state index contributed by atoms with van der Waals surface area (Å²) < 4.78 is 6.04. The molecule has 3 nitrogen and oxygen atoms in total. The standard InChI is InChI=1S/C13H20BrNO2/c1-4-15(7-8-17-3)11-5-6-12(10(2)16)13(14)9-11/h5-6,9-10,16H,4,7-8H2,1-3H3/t10-/m0/s1. The first-order valence-corrected chi connectivity index (χ1v) is 6.60. The number of benzene rings is 1. The first-order chi connectivity index (χ1) is 8.10. The molecule has 17 heavy (non-hydrogen) atoms. The number of nitrogens with zero attached hydrogens (tertiary/aromatic N) is 1. The molecule has 0 aliphatic heterocycles. The third kappa shape index (κ3) is 3.98. The Morgan fingerprint density at radius 3 is 2.65 bits per heavy atom. The SMILES string of the molecule is CCN(CCOC)c1ccc([C@H](C)O)c(Br)c1. The van der Waals surface area contributed by atoms with Gasteiger partial charge in [-0.2, -0.15) is 0 Å². The van der Waals surface area contributed by atoms with Crippen LogP contribution in [0.5, 0.6) is 0 Å². The average molecular weight is 302 g/mol. The van der Waals surface area contributed by atoms with E-state index >= 15 is 0 Å². The van der Waals surface area contributed by atoms with Gasteiger partial charge in [0.2, 0.25) is 0 Å². The molecule has 0 saturated heterocycles. The average Bonchev–Trinajstić information content (AvgIpc) is 2.29. The highest BCUT2D eigenvalue weighted by Gasteiger charge is 2.09. The Balaban J connectivity index is 2.86. The molecule has 1 rings (SSSR count). The topological polar surface area (TPSA) is 32.7 Å². The van der Waals surface area contributed by atoms with Crippen LogP contribution in [0.25, 0.3) is 0 Å². The second-order valence-corrected chi connectivity index (χ2v) is 4.81. The highest BCUT2D eigenvalue weighted by atomic mass is 79.9. The highest BCUT2D eigenvalue weighted by molar-refractivity contribution is 9.10. The summed E-state index contributed by atoms with van der Waals surface area (Å²) in [6.07, 6.45) is -0.451. The Hall–Kier alpha value is -0.580. The van der Waals surface area contributed by atoms with E-state index < -0.39 is 6.10 Å². The van der Waals surface area contributed by atoms with E-state index in [1.54, 1.807) is 14.0 Å². The fraction of sp³-hybridized carbons (Fsp3) is 0.538. The Labute approximate surface area is 112 Å². The second kappa shape index (κ2) is 6.99. The number of hydrogen-bond acceptors (Lipinski definition) is 3. The Morgan fingerprint density at radius 1 is 1.47 bits per heavy atom. The fourth-order valence-corrected chi connectivity index (χ4v) is 2.42. The lowest BCUT2D eigenvalue weighted by molar-refractivity contribution is 0.198. The predicted molar refractivity (Wildman–Crippen MR) is 74.5 cm³/mol. The molecule has 0 aliphatic carbocycles. The summed E-state index contributed by atoms with van der Waals surface area (Å²) >= 11 is 3.50. The van der Waals surface area contributed by atoms with Crippen LogP contribution >= 0.6 is 15.9 Å². The van der Waals surface area contributed by atoms with Crippen molar-refractivity contribution >= 4 is 21.6 Å². The van der Waals surface area contributed by atoms with Crippen LogP contribution < -0.4 is 4.90 Å². The maximum atomic E-state index is 9.57. The third-order valence-corrected chi connectivity index (χ3v) is 3.43. The number of halogens is 1. The second-order valence-electron chi connectivity index (χ2n) is 3.95. The molecule has 1 aromatic rings. The molecule has 0 bridgehead atoms. The first kappa shape index (κ1) is 14.5. The number of methoxy groups -OCH3 is 1. The van der Waals surface area contributed by atoms with Gasteiger partial charge in [0.1, 0.15) is 0 Å². The van der Waals surface area contributed by atoms with E-state index in [9.17, 15) is 5.11 Å². The molecular weight excluding hydrogens is 282 g/mol. The van der Waals surface area contributed by atoms with Gasteiger partial charge in [-0.1, -0.05) is 22.0 Å². The number of aliphatic hydroxyl groups excluding tert-OH is 1. The molecule has 0 saturated carbocycles. The number of anilines is 1. The summed E-state index contributed by atoms with van der Waals surface area (Å²) in [6, 6.07) is 6.03. The van der Waals surface area contributed by atoms with Gasteiger partial charge in [-0.3, -0.25) is 0 Å². The molecule has 1 atom stereocenters. The van der Waals surface area contributed by atoms with Crippen molar-refractivity contribution in [2.75, 3.05) is 31.7 Å². The molecule has 1 N–H and O–H groups in total. The largest absolute Gasteiger partial charge is 0.389 e. The molecule has 0 radical (unpaired) electrons. The molecule has 1 aromatic carbocycles. The van der Waals surface area contributed by atoms with Gasteiger partial charge >= 0.3 is 0 Å². The van der Waals surface area contributed by atoms with E-state index in [1.165, 1.54) is 0 Å². The highest BCUT2D eigenvalue weighted by Crippen LogP contribution is 2.28. The minimum atomic E-state index is -0.451. The van der Waals surface area contributed by atoms with Crippen LogP contribution in [0.4, 0.5) is 5.69 Å². The number of ether oxygens (including phenoxy) is 1. The minimum Gasteiger partial charge on any atom is -0.389 e. The Kier molecular flexibility index (Phi) is 5.95. The summed E-state index contributed by atoms with van der Waals surface area (Å²) in [4.78, 5) is 2.24. The molecule has 0 aliphatic rings. The van der Waals surface area contributed by atoms with Crippen molar-refractivity contribution in [1.29, 1.82) is 0 Å². The van der Waals surface area contributed by atoms with Gasteiger partial charge in [-0.25, -0.2) is 0 Å². The monoisotopic (exact) mass is 301 g/mol. The molecular formula is C13H20BrNO2. The van der Waals surface area contributed by atoms with Crippen LogP contribution in [0.3, 0.4) is 0 Å². The van der Waals surface area contributed by atoms with Gasteiger partial charge in [0.15, 0.2) is 0 Å². The smallest absolute Gasteiger partial charge is 0.0772 e. The number of aliphatic hydroxyl groups is 1. The van der Waals surface area contributed by atoms with E-state index in [2.05, 4.69) is 27.8 Å². The summed E-state index contributed by atoms with van der Waals surface area (Å²) in [5.74, 6) is 0. The minimum absolute atomic E-state index is 0.451. The number of hydrogen-bond donors (Lipinski definition) is 1. The van der Waals surface area contributed by atoms with Crippen LogP contribution in [0.15, 0.2) is 22.7 Å². The lowest BCUT2D eigenvalue weighted by Crippen LogP contribution is -2.26. The van der Waals surface area contributed by atoms with E-state index in [4.69, 9.17) is 4.74 Å². The van der Waals surface area contributed by atoms with Gasteiger partial charge in [-0.15, -0.1) is 0 Å². The number of likely N-dealkylation sites (N-methyl/N-ethyl adjacent to an activating group) is 1. The normalized spacial score (nSPS) is 12.5. The molecule has 0 heterocycles. The first-order valence-electron chi connectivity index (χ1n) is 5.81. The van der Waals surface area contributed by atoms with Crippen molar-refractivity contribution < 1.29 is 9.84 Å². The van der Waals surface area contributed by atoms with Crippen LogP contribution in [0, 0.1) is 0 Å². The van der Waals surface area contributed by atoms with Gasteiger partial charge in [0, 0.05) is 30.4 Å². The van der Waals surface area contributed by atoms with E-state index in [-0.39, 0.29) is 0 Å². The van der Waals surface area contributed by atoms with Crippen LogP contribution in [-0.4, -0.2) is 31.9 Å². The van der Waals surface area contributed by atoms with E-state index in [0.29, 0.717) is 6.61 Å². The summed E-state index contributed by atoms with van der Waals surface area (Å²) in [7, 11) is 1.71. The van der Waals surface area contributed by atoms with Crippen molar-refractivity contribution in [3.8, 4) is 0 Å². The molecule has 96 valence electrons. The van der Waals surface area contributed by atoms with E-state index in [1.807, 2.05) is 18.2 Å². The molecule has 0 unspecified atom stereocenters. The van der Waals surface area contributed by atoms with Gasteiger partial charge in [0.25, 0.3) is 0 Å². The fourth-order valence-electron chi connectivity index (χ4n) is 1.72. The van der Waals surface area contributed by atoms with E-state index in [0.717, 1.165) is 28.8 Å². The number of rotatable bonds is 6. The summed E-state index contributed by atoms with van der Waals surface area (Å²) in [5, 5.41) is 9.57. The van der Waals surface area contributed by atoms with Crippen molar-refractivity contribution in [3.05, 3.63) is 28.2 Å². The van der Waals surface area contributed by atoms with Gasteiger partial charge < -0.3 is 14.7 Å². The van der Waals surface area contributed by atoms with Gasteiger partial charge in [-0.05, 0) is 31.5 Å². The Bertz CT molecular complexity index is 355. The lowest BCUT2D eigenvalue weighted by atomic mass is 10.1. The summed E-state index contributed by atoms with van der Waals surface area (Å²) in [5.41, 5.74) is 2.05. The summed E-state index contributed by atoms with van der Waals surface area (Å²) in [6.45, 7) is 6.40. The molecule has 0 aromatic heterocycles. The zero-order valence-electron chi connectivity index (χ0n) is 10.6. The predicted octanol–water partition coefficient (Wildman–Crippen LogP) is 2.98. The van der Waals surface area contributed by atoms with Gasteiger partial charge in [0.05, 0.1) is 12.7 Å². The lowest BCUT2D eigenvalue weighted by Gasteiger charge is -2.23. The molecule has 0 amide bonds. The van der Waals surface area contributed by atoms with Crippen LogP contribution in [0.2, 0.25) is 0 Å². The quantitative estimate of drug-likeness (QED) is 0.877.